The summed E-state index contributed by atoms with van der Waals surface area (Å²) in [5.74, 6) is 3.39. The quantitative estimate of drug-likeness (QED) is 0.550. The Morgan fingerprint density at radius 1 is 1.22 bits per heavy atom. The lowest BCUT2D eigenvalue weighted by atomic mass is 9.47. The molecular weight excluding hydrogens is 336 g/mol. The van der Waals surface area contributed by atoms with E-state index in [4.69, 9.17) is 4.74 Å². The van der Waals surface area contributed by atoms with E-state index in [1.54, 1.807) is 5.57 Å². The fraction of sp³-hybridized carbons (Fsp3) is 0.875. The first-order valence-corrected chi connectivity index (χ1v) is 11.3. The third-order valence-electron chi connectivity index (χ3n) is 9.44. The van der Waals surface area contributed by atoms with Crippen LogP contribution in [0.3, 0.4) is 0 Å². The van der Waals surface area contributed by atoms with Gasteiger partial charge in [-0.1, -0.05) is 32.4 Å². The van der Waals surface area contributed by atoms with E-state index in [2.05, 4.69) is 26.8 Å². The molecule has 3 saturated carbocycles. The predicted molar refractivity (Wildman–Crippen MR) is 107 cm³/mol. The number of carbonyl (C=O) groups excluding carboxylic acids is 1. The molecule has 8 atom stereocenters. The zero-order valence-corrected chi connectivity index (χ0v) is 17.7. The maximum absolute atomic E-state index is 11.4. The molecule has 3 nitrogen and oxygen atoms in total. The van der Waals surface area contributed by atoms with Gasteiger partial charge in [-0.15, -0.1) is 0 Å². The number of hydrogen-bond acceptors (Lipinski definition) is 3. The molecule has 0 aromatic carbocycles. The number of aliphatic hydroxyl groups excluding tert-OH is 1. The Labute approximate surface area is 164 Å². The van der Waals surface area contributed by atoms with E-state index in [1.807, 2.05) is 0 Å². The number of carbonyl (C=O) groups is 1. The smallest absolute Gasteiger partial charge is 0.302 e. The highest BCUT2D eigenvalue weighted by molar-refractivity contribution is 5.66. The summed E-state index contributed by atoms with van der Waals surface area (Å²) in [4.78, 5) is 11.4. The molecule has 0 bridgehead atoms. The highest BCUT2D eigenvalue weighted by Gasteiger charge is 2.59. The summed E-state index contributed by atoms with van der Waals surface area (Å²) in [6.07, 6.45) is 12.3. The van der Waals surface area contributed by atoms with Gasteiger partial charge in [0.15, 0.2) is 0 Å². The standard InChI is InChI=1S/C24H38O3/c1-15(14-25)20-7-8-21-19-6-5-17-13-18(27-16(2)26)9-11-23(17,3)22(19)10-12-24(20,21)4/h5,15,18-22,25H,6-14H2,1-4H3/t15-,18+,19+,20-,21+,22+,23+,24-/m1/s1. The van der Waals surface area contributed by atoms with Gasteiger partial charge in [-0.25, -0.2) is 0 Å². The molecular formula is C24H38O3. The molecule has 4 aliphatic rings. The van der Waals surface area contributed by atoms with Crippen molar-refractivity contribution in [3.8, 4) is 0 Å². The highest BCUT2D eigenvalue weighted by atomic mass is 16.5. The number of allylic oxidation sites excluding steroid dienone is 1. The van der Waals surface area contributed by atoms with Gasteiger partial charge in [0.05, 0.1) is 0 Å². The van der Waals surface area contributed by atoms with Crippen molar-refractivity contribution in [2.45, 2.75) is 85.2 Å². The Kier molecular flexibility index (Phi) is 4.98. The maximum Gasteiger partial charge on any atom is 0.302 e. The fourth-order valence-corrected chi connectivity index (χ4v) is 8.07. The first kappa shape index (κ1) is 19.5. The number of aliphatic hydroxyl groups is 1. The molecule has 0 aromatic rings. The number of rotatable bonds is 3. The van der Waals surface area contributed by atoms with Crippen LogP contribution in [-0.4, -0.2) is 23.8 Å². The lowest BCUT2D eigenvalue weighted by Crippen LogP contribution is -2.51. The Balaban J connectivity index is 1.56. The van der Waals surface area contributed by atoms with Crippen molar-refractivity contribution in [1.82, 2.24) is 0 Å². The Morgan fingerprint density at radius 3 is 2.70 bits per heavy atom. The molecule has 27 heavy (non-hydrogen) atoms. The van der Waals surface area contributed by atoms with Crippen LogP contribution < -0.4 is 0 Å². The van der Waals surface area contributed by atoms with Crippen LogP contribution in [0.25, 0.3) is 0 Å². The topological polar surface area (TPSA) is 46.5 Å². The summed E-state index contributed by atoms with van der Waals surface area (Å²) in [7, 11) is 0. The molecule has 0 aromatic heterocycles. The Hall–Kier alpha value is -0.830. The van der Waals surface area contributed by atoms with Crippen molar-refractivity contribution in [2.24, 2.45) is 40.4 Å². The van der Waals surface area contributed by atoms with E-state index in [0.717, 1.165) is 37.0 Å². The fourth-order valence-electron chi connectivity index (χ4n) is 8.07. The molecule has 0 unspecified atom stereocenters. The molecule has 152 valence electrons. The van der Waals surface area contributed by atoms with Crippen LogP contribution in [0.1, 0.15) is 79.1 Å². The van der Waals surface area contributed by atoms with Crippen LogP contribution in [0.4, 0.5) is 0 Å². The van der Waals surface area contributed by atoms with E-state index in [1.165, 1.54) is 39.0 Å². The second-order valence-electron chi connectivity index (χ2n) is 10.6. The number of ether oxygens (including phenoxy) is 1. The van der Waals surface area contributed by atoms with E-state index in [-0.39, 0.29) is 12.1 Å². The minimum Gasteiger partial charge on any atom is -0.462 e. The number of hydrogen-bond donors (Lipinski definition) is 1. The Bertz CT molecular complexity index is 625. The molecule has 0 aliphatic heterocycles. The monoisotopic (exact) mass is 374 g/mol. The van der Waals surface area contributed by atoms with Crippen molar-refractivity contribution in [2.75, 3.05) is 6.61 Å². The number of esters is 1. The van der Waals surface area contributed by atoms with E-state index in [9.17, 15) is 9.90 Å². The molecule has 3 fully saturated rings. The highest BCUT2D eigenvalue weighted by Crippen LogP contribution is 2.67. The third kappa shape index (κ3) is 2.99. The lowest BCUT2D eigenvalue weighted by molar-refractivity contribution is -0.148. The van der Waals surface area contributed by atoms with Crippen LogP contribution >= 0.6 is 0 Å². The molecule has 0 amide bonds. The van der Waals surface area contributed by atoms with E-state index < -0.39 is 0 Å². The minimum atomic E-state index is -0.138. The lowest BCUT2D eigenvalue weighted by Gasteiger charge is -2.58. The van der Waals surface area contributed by atoms with Crippen molar-refractivity contribution < 1.29 is 14.6 Å². The van der Waals surface area contributed by atoms with Gasteiger partial charge in [0.25, 0.3) is 0 Å². The molecule has 0 saturated heterocycles. The minimum absolute atomic E-state index is 0.0912. The zero-order chi connectivity index (χ0) is 19.4. The first-order chi connectivity index (χ1) is 12.8. The van der Waals surface area contributed by atoms with Crippen molar-refractivity contribution >= 4 is 5.97 Å². The van der Waals surface area contributed by atoms with Gasteiger partial charge in [-0.05, 0) is 85.4 Å². The normalized spacial score (nSPS) is 47.3. The van der Waals surface area contributed by atoms with Crippen LogP contribution in [0.2, 0.25) is 0 Å². The molecule has 0 heterocycles. The number of fused-ring (bicyclic) bond motifs is 5. The van der Waals surface area contributed by atoms with Gasteiger partial charge < -0.3 is 9.84 Å². The van der Waals surface area contributed by atoms with Gasteiger partial charge in [0.1, 0.15) is 6.10 Å². The summed E-state index contributed by atoms with van der Waals surface area (Å²) >= 11 is 0. The van der Waals surface area contributed by atoms with Crippen LogP contribution in [-0.2, 0) is 9.53 Å². The second-order valence-corrected chi connectivity index (χ2v) is 10.6. The SMILES string of the molecule is CC(=O)O[C@H]1CC[C@@]2(C)C(=CC[C@H]3[C@@H]4CC[C@H]([C@H](C)CO)[C@@]4(C)CC[C@@H]32)C1. The summed E-state index contributed by atoms with van der Waals surface area (Å²) < 4.78 is 5.56. The molecule has 4 rings (SSSR count). The van der Waals surface area contributed by atoms with Gasteiger partial charge in [-0.3, -0.25) is 4.79 Å². The van der Waals surface area contributed by atoms with Gasteiger partial charge in [0.2, 0.25) is 0 Å². The predicted octanol–water partition coefficient (Wildman–Crippen LogP) is 5.13. The van der Waals surface area contributed by atoms with Crippen molar-refractivity contribution in [3.63, 3.8) is 0 Å². The maximum atomic E-state index is 11.4. The summed E-state index contributed by atoms with van der Waals surface area (Å²) in [6, 6.07) is 0. The summed E-state index contributed by atoms with van der Waals surface area (Å²) in [5.41, 5.74) is 2.30. The third-order valence-corrected chi connectivity index (χ3v) is 9.44. The van der Waals surface area contributed by atoms with Crippen LogP contribution in [0.15, 0.2) is 11.6 Å². The van der Waals surface area contributed by atoms with E-state index in [0.29, 0.717) is 29.3 Å². The zero-order valence-electron chi connectivity index (χ0n) is 17.7. The van der Waals surface area contributed by atoms with Crippen molar-refractivity contribution in [3.05, 3.63) is 11.6 Å². The molecule has 0 radical (unpaired) electrons. The average molecular weight is 375 g/mol. The van der Waals surface area contributed by atoms with Gasteiger partial charge in [0, 0.05) is 20.0 Å². The summed E-state index contributed by atoms with van der Waals surface area (Å²) in [6.45, 7) is 9.16. The molecule has 1 N–H and O–H groups in total. The van der Waals surface area contributed by atoms with Crippen LogP contribution in [0.5, 0.6) is 0 Å². The average Bonchev–Trinajstić information content (AvgIpc) is 2.98. The largest absolute Gasteiger partial charge is 0.462 e. The van der Waals surface area contributed by atoms with Gasteiger partial charge in [-0.2, -0.15) is 0 Å². The Morgan fingerprint density at radius 2 is 2.00 bits per heavy atom. The molecule has 4 aliphatic carbocycles. The van der Waals surface area contributed by atoms with Crippen molar-refractivity contribution in [1.29, 1.82) is 0 Å². The molecule has 3 heteroatoms. The molecule has 0 spiro atoms. The first-order valence-electron chi connectivity index (χ1n) is 11.3. The van der Waals surface area contributed by atoms with Gasteiger partial charge >= 0.3 is 5.97 Å². The summed E-state index contributed by atoms with van der Waals surface area (Å²) in [5, 5.41) is 9.77. The van der Waals surface area contributed by atoms with Crippen LogP contribution in [0, 0.1) is 40.4 Å². The van der Waals surface area contributed by atoms with E-state index >= 15 is 0 Å². The second kappa shape index (κ2) is 6.90.